The van der Waals surface area contributed by atoms with Crippen LogP contribution in [-0.2, 0) is 23.0 Å². The summed E-state index contributed by atoms with van der Waals surface area (Å²) in [5, 5.41) is 11.7. The zero-order valence-electron chi connectivity index (χ0n) is 17.9. The first-order chi connectivity index (χ1) is 13.8. The number of hydrogen-bond donors (Lipinski definition) is 3. The zero-order valence-corrected chi connectivity index (χ0v) is 21.0. The number of aryl methyl sites for hydroxylation is 1. The van der Waals surface area contributed by atoms with Crippen molar-refractivity contribution in [3.05, 3.63) is 65.2 Å². The zero-order chi connectivity index (χ0) is 21.3. The van der Waals surface area contributed by atoms with Crippen molar-refractivity contribution in [2.45, 2.75) is 51.0 Å². The minimum absolute atomic E-state index is 0. The normalized spacial score (nSPS) is 11.8. The van der Waals surface area contributed by atoms with Gasteiger partial charge in [-0.1, -0.05) is 50.2 Å². The molecule has 0 bridgehead atoms. The molecular formula is C22H33IN4O2S. The van der Waals surface area contributed by atoms with E-state index >= 15 is 0 Å². The monoisotopic (exact) mass is 544 g/mol. The molecule has 0 saturated heterocycles. The quantitative estimate of drug-likeness (QED) is 0.194. The van der Waals surface area contributed by atoms with Gasteiger partial charge in [0.15, 0.2) is 5.96 Å². The molecule has 0 atom stereocenters. The predicted octanol–water partition coefficient (Wildman–Crippen LogP) is 3.76. The van der Waals surface area contributed by atoms with Crippen molar-refractivity contribution in [3.8, 4) is 0 Å². The van der Waals surface area contributed by atoms with E-state index in [1.54, 1.807) is 12.1 Å². The van der Waals surface area contributed by atoms with Crippen LogP contribution in [0.5, 0.6) is 0 Å². The molecule has 0 aromatic heterocycles. The lowest BCUT2D eigenvalue weighted by atomic mass is 10.0. The highest BCUT2D eigenvalue weighted by atomic mass is 127. The summed E-state index contributed by atoms with van der Waals surface area (Å²) >= 11 is 0. The number of guanidine groups is 1. The molecule has 166 valence electrons. The van der Waals surface area contributed by atoms with E-state index in [1.165, 1.54) is 23.3 Å². The molecule has 0 heterocycles. The molecule has 6 nitrogen and oxygen atoms in total. The molecule has 0 radical (unpaired) electrons. The molecule has 0 spiro atoms. The number of halogens is 1. The van der Waals surface area contributed by atoms with Crippen LogP contribution in [0.15, 0.2) is 58.4 Å². The van der Waals surface area contributed by atoms with Gasteiger partial charge in [0.1, 0.15) is 0 Å². The summed E-state index contributed by atoms with van der Waals surface area (Å²) in [5.41, 5.74) is 3.62. The average Bonchev–Trinajstić information content (AvgIpc) is 2.69. The van der Waals surface area contributed by atoms with Gasteiger partial charge in [0.25, 0.3) is 0 Å². The van der Waals surface area contributed by atoms with Crippen molar-refractivity contribution in [2.75, 3.05) is 13.1 Å². The topological polar surface area (TPSA) is 96.6 Å². The number of nitrogens with two attached hydrogens (primary N) is 1. The third-order valence-electron chi connectivity index (χ3n) is 4.60. The molecule has 0 unspecified atom stereocenters. The molecule has 0 saturated carbocycles. The molecule has 0 aliphatic carbocycles. The van der Waals surface area contributed by atoms with E-state index in [0.29, 0.717) is 12.5 Å². The van der Waals surface area contributed by atoms with Gasteiger partial charge in [-0.15, -0.1) is 24.0 Å². The van der Waals surface area contributed by atoms with Gasteiger partial charge >= 0.3 is 0 Å². The maximum absolute atomic E-state index is 11.3. The third kappa shape index (κ3) is 9.01. The standard InChI is InChI=1S/C22H32N4O2S.HI/c1-4-24-22(26-16-19-9-13-21(14-10-19)29(23,27)28)25-15-5-6-18-7-11-20(12-8-18)17(2)3;/h7-14,17H,4-6,15-16H2,1-3H3,(H2,23,27,28)(H2,24,25,26);1H. The number of primary sulfonamides is 1. The van der Waals surface area contributed by atoms with E-state index < -0.39 is 10.0 Å². The van der Waals surface area contributed by atoms with E-state index in [0.717, 1.165) is 37.5 Å². The minimum Gasteiger partial charge on any atom is -0.357 e. The van der Waals surface area contributed by atoms with Crippen LogP contribution in [0, 0.1) is 0 Å². The van der Waals surface area contributed by atoms with Crippen molar-refractivity contribution in [1.82, 2.24) is 10.6 Å². The van der Waals surface area contributed by atoms with Gasteiger partial charge in [0.05, 0.1) is 11.4 Å². The first-order valence-electron chi connectivity index (χ1n) is 10.0. The van der Waals surface area contributed by atoms with Crippen LogP contribution in [0.2, 0.25) is 0 Å². The van der Waals surface area contributed by atoms with E-state index in [9.17, 15) is 8.42 Å². The van der Waals surface area contributed by atoms with Crippen molar-refractivity contribution in [3.63, 3.8) is 0 Å². The third-order valence-corrected chi connectivity index (χ3v) is 5.53. The average molecular weight is 545 g/mol. The Morgan fingerprint density at radius 3 is 2.13 bits per heavy atom. The molecule has 0 aliphatic rings. The van der Waals surface area contributed by atoms with Gasteiger partial charge in [-0.3, -0.25) is 0 Å². The van der Waals surface area contributed by atoms with Gasteiger partial charge in [-0.2, -0.15) is 0 Å². The Kier molecular flexibility index (Phi) is 11.4. The number of nitrogens with one attached hydrogen (secondary N) is 2. The summed E-state index contributed by atoms with van der Waals surface area (Å²) in [6, 6.07) is 15.3. The molecule has 0 aliphatic heterocycles. The second-order valence-corrected chi connectivity index (χ2v) is 8.87. The summed E-state index contributed by atoms with van der Waals surface area (Å²) < 4.78 is 22.6. The van der Waals surface area contributed by atoms with Gasteiger partial charge in [0, 0.05) is 13.1 Å². The van der Waals surface area contributed by atoms with Crippen molar-refractivity contribution < 1.29 is 8.42 Å². The number of rotatable bonds is 9. The fourth-order valence-corrected chi connectivity index (χ4v) is 3.38. The van der Waals surface area contributed by atoms with Crippen molar-refractivity contribution >= 4 is 40.0 Å². The number of hydrogen-bond acceptors (Lipinski definition) is 3. The SMILES string of the molecule is CCNC(=NCc1ccc(S(N)(=O)=O)cc1)NCCCc1ccc(C(C)C)cc1.I. The van der Waals surface area contributed by atoms with Crippen LogP contribution >= 0.6 is 24.0 Å². The largest absolute Gasteiger partial charge is 0.357 e. The summed E-state index contributed by atoms with van der Waals surface area (Å²) in [6.45, 7) is 8.48. The first-order valence-corrected chi connectivity index (χ1v) is 11.6. The van der Waals surface area contributed by atoms with E-state index in [2.05, 4.69) is 53.7 Å². The van der Waals surface area contributed by atoms with Crippen molar-refractivity contribution in [2.24, 2.45) is 10.1 Å². The van der Waals surface area contributed by atoms with Crippen LogP contribution < -0.4 is 15.8 Å². The Hall–Kier alpha value is -1.65. The van der Waals surface area contributed by atoms with E-state index in [1.807, 2.05) is 6.92 Å². The smallest absolute Gasteiger partial charge is 0.238 e. The molecule has 30 heavy (non-hydrogen) atoms. The maximum Gasteiger partial charge on any atom is 0.238 e. The second-order valence-electron chi connectivity index (χ2n) is 7.31. The molecule has 0 amide bonds. The van der Waals surface area contributed by atoms with Gasteiger partial charge in [-0.25, -0.2) is 18.5 Å². The lowest BCUT2D eigenvalue weighted by Gasteiger charge is -2.12. The molecule has 4 N–H and O–H groups in total. The highest BCUT2D eigenvalue weighted by Crippen LogP contribution is 2.15. The van der Waals surface area contributed by atoms with Crippen LogP contribution in [0.3, 0.4) is 0 Å². The van der Waals surface area contributed by atoms with Crippen LogP contribution in [0.25, 0.3) is 0 Å². The number of aliphatic imine (C=N–C) groups is 1. The Morgan fingerprint density at radius 2 is 1.60 bits per heavy atom. The highest BCUT2D eigenvalue weighted by molar-refractivity contribution is 14.0. The molecule has 2 aromatic rings. The lowest BCUT2D eigenvalue weighted by Crippen LogP contribution is -2.37. The minimum atomic E-state index is -3.66. The van der Waals surface area contributed by atoms with Gasteiger partial charge < -0.3 is 10.6 Å². The molecule has 2 aromatic carbocycles. The summed E-state index contributed by atoms with van der Waals surface area (Å²) in [4.78, 5) is 4.67. The second kappa shape index (κ2) is 12.9. The first kappa shape index (κ1) is 26.4. The molecule has 0 fully saturated rings. The van der Waals surface area contributed by atoms with Crippen molar-refractivity contribution in [1.29, 1.82) is 0 Å². The Balaban J connectivity index is 0.00000450. The Bertz CT molecular complexity index is 896. The van der Waals surface area contributed by atoms with Crippen LogP contribution in [0.4, 0.5) is 0 Å². The fourth-order valence-electron chi connectivity index (χ4n) is 2.87. The van der Waals surface area contributed by atoms with Crippen LogP contribution in [-0.4, -0.2) is 27.5 Å². The number of sulfonamides is 1. The Morgan fingerprint density at radius 1 is 1.00 bits per heavy atom. The summed E-state index contributed by atoms with van der Waals surface area (Å²) in [5.74, 6) is 1.30. The summed E-state index contributed by atoms with van der Waals surface area (Å²) in [7, 11) is -3.66. The highest BCUT2D eigenvalue weighted by Gasteiger charge is 2.06. The number of nitrogens with zero attached hydrogens (tertiary/aromatic N) is 1. The lowest BCUT2D eigenvalue weighted by molar-refractivity contribution is 0.598. The summed E-state index contributed by atoms with van der Waals surface area (Å²) in [6.07, 6.45) is 2.02. The molecule has 8 heteroatoms. The van der Waals surface area contributed by atoms with Gasteiger partial charge in [0.2, 0.25) is 10.0 Å². The van der Waals surface area contributed by atoms with E-state index in [4.69, 9.17) is 5.14 Å². The number of benzene rings is 2. The maximum atomic E-state index is 11.3. The molecule has 2 rings (SSSR count). The predicted molar refractivity (Wildman–Crippen MR) is 135 cm³/mol. The Labute approximate surface area is 197 Å². The molecular weight excluding hydrogens is 511 g/mol. The van der Waals surface area contributed by atoms with E-state index in [-0.39, 0.29) is 28.9 Å². The van der Waals surface area contributed by atoms with Gasteiger partial charge in [-0.05, 0) is 54.5 Å². The fraction of sp³-hybridized carbons (Fsp3) is 0.409. The van der Waals surface area contributed by atoms with Crippen LogP contribution in [0.1, 0.15) is 49.8 Å².